The van der Waals surface area contributed by atoms with E-state index < -0.39 is 17.8 Å². The van der Waals surface area contributed by atoms with Gasteiger partial charge in [-0.15, -0.1) is 0 Å². The van der Waals surface area contributed by atoms with E-state index in [-0.39, 0.29) is 27.9 Å². The van der Waals surface area contributed by atoms with E-state index in [1.54, 1.807) is 12.1 Å². The molecule has 0 atom stereocenters. The van der Waals surface area contributed by atoms with Gasteiger partial charge in [0.05, 0.1) is 22.9 Å². The van der Waals surface area contributed by atoms with Crippen LogP contribution in [0.2, 0.25) is 0 Å². The lowest BCUT2D eigenvalue weighted by Crippen LogP contribution is -2.32. The maximum atomic E-state index is 12.2. The molecule has 0 spiro atoms. The predicted octanol–water partition coefficient (Wildman–Crippen LogP) is 0.969. The quantitative estimate of drug-likeness (QED) is 0.641. The molecule has 0 aliphatic carbocycles. The molecule has 25 heavy (non-hydrogen) atoms. The fraction of sp³-hybridized carbons (Fsp3) is 0. The van der Waals surface area contributed by atoms with E-state index in [0.29, 0.717) is 5.06 Å². The summed E-state index contributed by atoms with van der Waals surface area (Å²) in [6.45, 7) is 0. The molecule has 4 rings (SSSR count). The van der Waals surface area contributed by atoms with Crippen molar-refractivity contribution in [3.8, 4) is 6.07 Å². The zero-order chi connectivity index (χ0) is 17.6. The van der Waals surface area contributed by atoms with Crippen molar-refractivity contribution in [2.45, 2.75) is 0 Å². The average molecular weight is 333 g/mol. The first-order chi connectivity index (χ1) is 12.1. The SMILES string of the molecule is N#Cc1cnn2cc(C(=O)ON3C(=O)c4ccccc4C3=O)cnc12. The van der Waals surface area contributed by atoms with Crippen molar-refractivity contribution in [3.05, 3.63) is 65.1 Å². The van der Waals surface area contributed by atoms with Gasteiger partial charge in [-0.25, -0.2) is 14.3 Å². The number of imide groups is 1. The molecule has 0 bridgehead atoms. The number of hydrogen-bond donors (Lipinski definition) is 0. The minimum Gasteiger partial charge on any atom is -0.324 e. The smallest absolute Gasteiger partial charge is 0.324 e. The summed E-state index contributed by atoms with van der Waals surface area (Å²) in [7, 11) is 0. The molecular formula is C16H7N5O4. The highest BCUT2D eigenvalue weighted by Gasteiger charge is 2.38. The summed E-state index contributed by atoms with van der Waals surface area (Å²) in [5.74, 6) is -2.37. The summed E-state index contributed by atoms with van der Waals surface area (Å²) in [5.41, 5.74) is 0.830. The van der Waals surface area contributed by atoms with Gasteiger partial charge in [-0.05, 0) is 12.1 Å². The molecule has 0 fully saturated rings. The third-order valence-electron chi connectivity index (χ3n) is 3.64. The third kappa shape index (κ3) is 2.13. The Morgan fingerprint density at radius 2 is 1.80 bits per heavy atom. The van der Waals surface area contributed by atoms with Crippen molar-refractivity contribution in [3.63, 3.8) is 0 Å². The Bertz CT molecular complexity index is 1080. The third-order valence-corrected chi connectivity index (χ3v) is 3.64. The number of aromatic nitrogens is 3. The molecule has 0 radical (unpaired) electrons. The van der Waals surface area contributed by atoms with Crippen LogP contribution in [-0.4, -0.2) is 37.4 Å². The first kappa shape index (κ1) is 14.5. The van der Waals surface area contributed by atoms with E-state index >= 15 is 0 Å². The minimum absolute atomic E-state index is 0.0309. The maximum absolute atomic E-state index is 12.2. The number of nitriles is 1. The largest absolute Gasteiger partial charge is 0.367 e. The van der Waals surface area contributed by atoms with Gasteiger partial charge in [0, 0.05) is 12.4 Å². The van der Waals surface area contributed by atoms with Crippen molar-refractivity contribution in [1.82, 2.24) is 19.7 Å². The van der Waals surface area contributed by atoms with Crippen LogP contribution in [0, 0.1) is 11.3 Å². The number of rotatable bonds is 2. The second kappa shape index (κ2) is 5.24. The highest BCUT2D eigenvalue weighted by atomic mass is 16.7. The molecule has 3 aromatic rings. The lowest BCUT2D eigenvalue weighted by atomic mass is 10.1. The lowest BCUT2D eigenvalue weighted by Gasteiger charge is -2.12. The van der Waals surface area contributed by atoms with Gasteiger partial charge in [-0.3, -0.25) is 9.59 Å². The Labute approximate surface area is 139 Å². The van der Waals surface area contributed by atoms with Crippen LogP contribution in [0.3, 0.4) is 0 Å². The second-order valence-electron chi connectivity index (χ2n) is 5.11. The fourth-order valence-electron chi connectivity index (χ4n) is 2.44. The van der Waals surface area contributed by atoms with Gasteiger partial charge in [0.1, 0.15) is 11.6 Å². The van der Waals surface area contributed by atoms with Gasteiger partial charge in [0.25, 0.3) is 11.8 Å². The predicted molar refractivity (Wildman–Crippen MR) is 80.1 cm³/mol. The standard InChI is InChI=1S/C16H7N5O4/c17-5-9-7-19-20-8-10(6-18-13(9)20)16(24)25-21-14(22)11-3-1-2-4-12(11)15(21)23/h1-4,6-8H. The number of fused-ring (bicyclic) bond motifs is 2. The van der Waals surface area contributed by atoms with Gasteiger partial charge in [0.15, 0.2) is 5.65 Å². The summed E-state index contributed by atoms with van der Waals surface area (Å²) in [4.78, 5) is 45.5. The van der Waals surface area contributed by atoms with Gasteiger partial charge in [-0.1, -0.05) is 17.2 Å². The molecule has 1 aliphatic heterocycles. The number of nitrogens with zero attached hydrogens (tertiary/aromatic N) is 5. The van der Waals surface area contributed by atoms with Crippen LogP contribution >= 0.6 is 0 Å². The van der Waals surface area contributed by atoms with Gasteiger partial charge < -0.3 is 4.84 Å². The summed E-state index contributed by atoms with van der Waals surface area (Å²) in [5, 5.41) is 13.2. The Morgan fingerprint density at radius 1 is 1.12 bits per heavy atom. The van der Waals surface area contributed by atoms with Gasteiger partial charge in [-0.2, -0.15) is 10.4 Å². The number of hydrogen-bond acceptors (Lipinski definition) is 7. The monoisotopic (exact) mass is 333 g/mol. The first-order valence-corrected chi connectivity index (χ1v) is 7.04. The minimum atomic E-state index is -0.946. The van der Waals surface area contributed by atoms with Crippen LogP contribution in [0.5, 0.6) is 0 Å². The van der Waals surface area contributed by atoms with E-state index in [9.17, 15) is 14.4 Å². The van der Waals surface area contributed by atoms with Crippen molar-refractivity contribution >= 4 is 23.4 Å². The molecule has 0 saturated carbocycles. The number of amides is 2. The van der Waals surface area contributed by atoms with Crippen molar-refractivity contribution in [2.75, 3.05) is 0 Å². The van der Waals surface area contributed by atoms with E-state index in [2.05, 4.69) is 10.1 Å². The van der Waals surface area contributed by atoms with E-state index in [4.69, 9.17) is 10.1 Å². The molecule has 0 saturated heterocycles. The number of hydroxylamine groups is 2. The maximum Gasteiger partial charge on any atom is 0.367 e. The van der Waals surface area contributed by atoms with Crippen molar-refractivity contribution in [1.29, 1.82) is 5.26 Å². The average Bonchev–Trinajstić information content (AvgIpc) is 3.16. The molecule has 2 amide bonds. The molecular weight excluding hydrogens is 326 g/mol. The van der Waals surface area contributed by atoms with Gasteiger partial charge in [0.2, 0.25) is 0 Å². The number of carbonyl (C=O) groups excluding carboxylic acids is 3. The lowest BCUT2D eigenvalue weighted by molar-refractivity contribution is -0.0585. The van der Waals surface area contributed by atoms with E-state index in [1.807, 2.05) is 6.07 Å². The van der Waals surface area contributed by atoms with E-state index in [1.165, 1.54) is 35.2 Å². The molecule has 1 aromatic carbocycles. The summed E-state index contributed by atoms with van der Waals surface area (Å²) in [6, 6.07) is 8.09. The molecule has 1 aliphatic rings. The van der Waals surface area contributed by atoms with Crippen LogP contribution in [-0.2, 0) is 4.84 Å². The highest BCUT2D eigenvalue weighted by molar-refractivity contribution is 6.21. The van der Waals surface area contributed by atoms with Crippen molar-refractivity contribution in [2.24, 2.45) is 0 Å². The molecule has 3 heterocycles. The van der Waals surface area contributed by atoms with Crippen LogP contribution < -0.4 is 0 Å². The molecule has 0 N–H and O–H groups in total. The Morgan fingerprint density at radius 3 is 2.44 bits per heavy atom. The highest BCUT2D eigenvalue weighted by Crippen LogP contribution is 2.23. The molecule has 2 aromatic heterocycles. The van der Waals surface area contributed by atoms with E-state index in [0.717, 1.165) is 0 Å². The first-order valence-electron chi connectivity index (χ1n) is 7.04. The van der Waals surface area contributed by atoms with Gasteiger partial charge >= 0.3 is 5.97 Å². The zero-order valence-corrected chi connectivity index (χ0v) is 12.4. The summed E-state index contributed by atoms with van der Waals surface area (Å²) < 4.78 is 1.23. The number of carbonyl (C=O) groups is 3. The zero-order valence-electron chi connectivity index (χ0n) is 12.4. The molecule has 0 unspecified atom stereocenters. The Kier molecular flexibility index (Phi) is 3.05. The van der Waals surface area contributed by atoms with Crippen LogP contribution in [0.25, 0.3) is 5.65 Å². The van der Waals surface area contributed by atoms with Crippen molar-refractivity contribution < 1.29 is 19.2 Å². The number of benzene rings is 1. The summed E-state index contributed by atoms with van der Waals surface area (Å²) >= 11 is 0. The second-order valence-corrected chi connectivity index (χ2v) is 5.11. The fourth-order valence-corrected chi connectivity index (χ4v) is 2.44. The summed E-state index contributed by atoms with van der Waals surface area (Å²) in [6.07, 6.45) is 3.78. The topological polar surface area (TPSA) is 118 Å². The molecule has 9 heteroatoms. The Balaban J connectivity index is 1.62. The Hall–Kier alpha value is -4.06. The normalized spacial score (nSPS) is 13.0. The molecule has 120 valence electrons. The van der Waals surface area contributed by atoms with Crippen LogP contribution in [0.4, 0.5) is 0 Å². The van der Waals surface area contributed by atoms with Crippen LogP contribution in [0.15, 0.2) is 42.9 Å². The molecule has 9 nitrogen and oxygen atoms in total. The van der Waals surface area contributed by atoms with Crippen LogP contribution in [0.1, 0.15) is 36.6 Å².